The number of carboxylic acid groups (broad SMARTS) is 1. The molecule has 0 saturated carbocycles. The number of carbonyl (C=O) groups is 1. The van der Waals surface area contributed by atoms with Gasteiger partial charge >= 0.3 is 5.97 Å². The molecule has 5 heteroatoms. The van der Waals surface area contributed by atoms with Crippen LogP contribution in [0, 0.1) is 0 Å². The van der Waals surface area contributed by atoms with E-state index in [0.29, 0.717) is 13.0 Å². The Bertz CT molecular complexity index is 1120. The summed E-state index contributed by atoms with van der Waals surface area (Å²) in [6, 6.07) is 28.2. The molecule has 0 aliphatic heterocycles. The van der Waals surface area contributed by atoms with Crippen LogP contribution in [0.2, 0.25) is 0 Å². The van der Waals surface area contributed by atoms with Gasteiger partial charge in [0.1, 0.15) is 5.75 Å². The van der Waals surface area contributed by atoms with Gasteiger partial charge < -0.3 is 9.84 Å². The van der Waals surface area contributed by atoms with E-state index < -0.39 is 5.97 Å². The van der Waals surface area contributed by atoms with E-state index in [-0.39, 0.29) is 6.42 Å². The molecule has 1 N–H and O–H groups in total. The summed E-state index contributed by atoms with van der Waals surface area (Å²) in [6.07, 6.45) is 4.36. The number of ether oxygens (including phenoxy) is 1. The van der Waals surface area contributed by atoms with Crippen molar-refractivity contribution in [1.29, 1.82) is 0 Å². The molecule has 2 aromatic carbocycles. The Morgan fingerprint density at radius 3 is 2.21 bits per heavy atom. The maximum Gasteiger partial charge on any atom is 0.303 e. The molecule has 0 atom stereocenters. The molecule has 0 radical (unpaired) electrons. The minimum Gasteiger partial charge on any atom is -0.494 e. The van der Waals surface area contributed by atoms with Crippen molar-refractivity contribution in [2.45, 2.75) is 25.7 Å². The molecule has 0 aliphatic carbocycles. The summed E-state index contributed by atoms with van der Waals surface area (Å²) in [6.45, 7) is 0.580. The molecule has 2 heterocycles. The second-order valence-corrected chi connectivity index (χ2v) is 7.78. The lowest BCUT2D eigenvalue weighted by atomic mass is 10.0. The van der Waals surface area contributed by atoms with Crippen LogP contribution in [0.15, 0.2) is 91.1 Å². The quantitative estimate of drug-likeness (QED) is 0.286. The molecule has 0 saturated heterocycles. The molecule has 2 aromatic heterocycles. The van der Waals surface area contributed by atoms with Crippen molar-refractivity contribution >= 4 is 5.97 Å². The lowest BCUT2D eigenvalue weighted by Crippen LogP contribution is -1.99. The number of hydrogen-bond acceptors (Lipinski definition) is 4. The highest BCUT2D eigenvalue weighted by atomic mass is 16.5. The van der Waals surface area contributed by atoms with Gasteiger partial charge in [-0.2, -0.15) is 0 Å². The molecular formula is C28H26N2O3. The summed E-state index contributed by atoms with van der Waals surface area (Å²) in [5, 5.41) is 8.69. The Morgan fingerprint density at radius 2 is 1.48 bits per heavy atom. The summed E-state index contributed by atoms with van der Waals surface area (Å²) in [4.78, 5) is 19.9. The van der Waals surface area contributed by atoms with Crippen molar-refractivity contribution in [3.05, 3.63) is 91.1 Å². The van der Waals surface area contributed by atoms with Crippen molar-refractivity contribution in [1.82, 2.24) is 9.97 Å². The number of unbranched alkanes of at least 4 members (excludes halogenated alkanes) is 2. The second-order valence-electron chi connectivity index (χ2n) is 7.78. The van der Waals surface area contributed by atoms with Crippen molar-refractivity contribution in [2.75, 3.05) is 6.61 Å². The van der Waals surface area contributed by atoms with Crippen molar-refractivity contribution in [3.8, 4) is 39.5 Å². The van der Waals surface area contributed by atoms with E-state index in [9.17, 15) is 4.79 Å². The van der Waals surface area contributed by atoms with Crippen LogP contribution < -0.4 is 4.74 Å². The fourth-order valence-corrected chi connectivity index (χ4v) is 3.59. The first kappa shape index (κ1) is 22.2. The largest absolute Gasteiger partial charge is 0.494 e. The molecule has 4 aromatic rings. The van der Waals surface area contributed by atoms with Gasteiger partial charge in [0, 0.05) is 18.2 Å². The lowest BCUT2D eigenvalue weighted by Gasteiger charge is -2.11. The number of nitrogens with zero attached hydrogens (tertiary/aromatic N) is 2. The van der Waals surface area contributed by atoms with Gasteiger partial charge in [-0.3, -0.25) is 9.78 Å². The van der Waals surface area contributed by atoms with E-state index in [4.69, 9.17) is 14.8 Å². The topological polar surface area (TPSA) is 72.3 Å². The van der Waals surface area contributed by atoms with Gasteiger partial charge in [-0.15, -0.1) is 0 Å². The molecule has 0 amide bonds. The highest BCUT2D eigenvalue weighted by Gasteiger charge is 2.10. The first-order valence-electron chi connectivity index (χ1n) is 11.1. The fraction of sp³-hybridized carbons (Fsp3) is 0.179. The van der Waals surface area contributed by atoms with E-state index in [1.165, 1.54) is 0 Å². The highest BCUT2D eigenvalue weighted by molar-refractivity contribution is 5.75. The van der Waals surface area contributed by atoms with E-state index in [1.54, 1.807) is 6.20 Å². The van der Waals surface area contributed by atoms with Crippen LogP contribution in [0.4, 0.5) is 0 Å². The lowest BCUT2D eigenvalue weighted by molar-refractivity contribution is -0.137. The maximum absolute atomic E-state index is 10.6. The van der Waals surface area contributed by atoms with E-state index >= 15 is 0 Å². The van der Waals surface area contributed by atoms with Gasteiger partial charge in [-0.1, -0.05) is 48.5 Å². The molecule has 4 rings (SSSR count). The predicted octanol–water partition coefficient (Wildman–Crippen LogP) is 6.50. The van der Waals surface area contributed by atoms with Crippen molar-refractivity contribution < 1.29 is 14.6 Å². The van der Waals surface area contributed by atoms with Crippen LogP contribution in [-0.4, -0.2) is 27.7 Å². The first-order chi connectivity index (χ1) is 16.2. The maximum atomic E-state index is 10.6. The van der Waals surface area contributed by atoms with Crippen LogP contribution >= 0.6 is 0 Å². The van der Waals surface area contributed by atoms with E-state index in [1.807, 2.05) is 60.7 Å². The van der Waals surface area contributed by atoms with Crippen molar-refractivity contribution in [3.63, 3.8) is 0 Å². The Hall–Kier alpha value is -3.99. The Balaban J connectivity index is 1.52. The third-order valence-electron chi connectivity index (χ3n) is 5.31. The zero-order chi connectivity index (χ0) is 22.9. The molecule has 5 nitrogen and oxygen atoms in total. The zero-order valence-corrected chi connectivity index (χ0v) is 18.4. The molecule has 0 spiro atoms. The number of hydrogen-bond donors (Lipinski definition) is 1. The van der Waals surface area contributed by atoms with Crippen LogP contribution in [0.5, 0.6) is 5.75 Å². The third-order valence-corrected chi connectivity index (χ3v) is 5.31. The van der Waals surface area contributed by atoms with Gasteiger partial charge in [-0.25, -0.2) is 4.98 Å². The van der Waals surface area contributed by atoms with Gasteiger partial charge in [0.25, 0.3) is 0 Å². The van der Waals surface area contributed by atoms with E-state index in [0.717, 1.165) is 52.4 Å². The SMILES string of the molecule is O=C(O)CCCCCOc1ccc(-c2cc(-c3ccccc3)nc(-c3ccccn3)c2)cc1. The van der Waals surface area contributed by atoms with Crippen LogP contribution in [0.1, 0.15) is 25.7 Å². The Labute approximate surface area is 193 Å². The van der Waals surface area contributed by atoms with E-state index in [2.05, 4.69) is 29.2 Å². The number of aromatic nitrogens is 2. The van der Waals surface area contributed by atoms with Crippen LogP contribution in [0.3, 0.4) is 0 Å². The number of benzene rings is 2. The average molecular weight is 439 g/mol. The molecule has 0 fully saturated rings. The monoisotopic (exact) mass is 438 g/mol. The van der Waals surface area contributed by atoms with Crippen LogP contribution in [0.25, 0.3) is 33.8 Å². The van der Waals surface area contributed by atoms with Gasteiger partial charge in [0.2, 0.25) is 0 Å². The minimum atomic E-state index is -0.746. The molecule has 0 unspecified atom stereocenters. The van der Waals surface area contributed by atoms with Gasteiger partial charge in [0.15, 0.2) is 0 Å². The molecule has 166 valence electrons. The first-order valence-corrected chi connectivity index (χ1v) is 11.1. The predicted molar refractivity (Wildman–Crippen MR) is 130 cm³/mol. The third kappa shape index (κ3) is 6.26. The molecule has 33 heavy (non-hydrogen) atoms. The molecule has 0 aliphatic rings. The van der Waals surface area contributed by atoms with Gasteiger partial charge in [0.05, 0.1) is 23.7 Å². The zero-order valence-electron chi connectivity index (χ0n) is 18.4. The smallest absolute Gasteiger partial charge is 0.303 e. The van der Waals surface area contributed by atoms with Crippen LogP contribution in [-0.2, 0) is 4.79 Å². The summed E-state index contributed by atoms with van der Waals surface area (Å²) >= 11 is 0. The average Bonchev–Trinajstić information content (AvgIpc) is 2.87. The summed E-state index contributed by atoms with van der Waals surface area (Å²) in [7, 11) is 0. The Kier molecular flexibility index (Phi) is 7.44. The normalized spacial score (nSPS) is 10.7. The van der Waals surface area contributed by atoms with Crippen molar-refractivity contribution in [2.24, 2.45) is 0 Å². The number of rotatable bonds is 10. The number of pyridine rings is 2. The highest BCUT2D eigenvalue weighted by Crippen LogP contribution is 2.30. The fourth-order valence-electron chi connectivity index (χ4n) is 3.59. The summed E-state index contributed by atoms with van der Waals surface area (Å²) < 4.78 is 5.82. The number of carboxylic acids is 1. The minimum absolute atomic E-state index is 0.214. The molecular weight excluding hydrogens is 412 g/mol. The summed E-state index contributed by atoms with van der Waals surface area (Å²) in [5.41, 5.74) is 5.74. The number of aliphatic carboxylic acids is 1. The van der Waals surface area contributed by atoms with Gasteiger partial charge in [-0.05, 0) is 66.8 Å². The standard InChI is InChI=1S/C28H26N2O3/c31-28(32)12-5-2-8-18-33-24-15-13-21(14-16-24)23-19-26(22-9-3-1-4-10-22)30-27(20-23)25-11-6-7-17-29-25/h1,3-4,6-7,9-11,13-17,19-20H,2,5,8,12,18H2,(H,31,32). The Morgan fingerprint density at radius 1 is 0.727 bits per heavy atom. The molecule has 0 bridgehead atoms. The second kappa shape index (κ2) is 11.0. The summed E-state index contributed by atoms with van der Waals surface area (Å²) in [5.74, 6) is 0.0588.